The summed E-state index contributed by atoms with van der Waals surface area (Å²) in [6.45, 7) is 0. The van der Waals surface area contributed by atoms with Gasteiger partial charge in [0, 0.05) is 13.1 Å². The SMILES string of the molecule is CN(C1CCS(=O)(=O)C1)S(=O)(=O)Cc1ccccc1C#N. The third-order valence-electron chi connectivity index (χ3n) is 3.64. The van der Waals surface area contributed by atoms with Crippen LogP contribution in [0.15, 0.2) is 24.3 Å². The molecule has 8 heteroatoms. The minimum absolute atomic E-state index is 0.0201. The highest BCUT2D eigenvalue weighted by atomic mass is 32.2. The molecule has 1 heterocycles. The highest BCUT2D eigenvalue weighted by Gasteiger charge is 2.35. The van der Waals surface area contributed by atoms with E-state index in [1.54, 1.807) is 24.3 Å². The van der Waals surface area contributed by atoms with E-state index in [1.807, 2.05) is 6.07 Å². The Bertz CT molecular complexity index is 779. The predicted molar refractivity (Wildman–Crippen MR) is 78.6 cm³/mol. The van der Waals surface area contributed by atoms with Gasteiger partial charge in [0.15, 0.2) is 9.84 Å². The summed E-state index contributed by atoms with van der Waals surface area (Å²) >= 11 is 0. The summed E-state index contributed by atoms with van der Waals surface area (Å²) in [6.07, 6.45) is 0.317. The van der Waals surface area contributed by atoms with Crippen LogP contribution in [-0.2, 0) is 25.6 Å². The molecule has 0 radical (unpaired) electrons. The standard InChI is InChI=1S/C13H16N2O4S2/c1-15(13-6-7-20(16,17)10-13)21(18,19)9-12-5-3-2-4-11(12)8-14/h2-5,13H,6-7,9-10H2,1H3. The van der Waals surface area contributed by atoms with Crippen LogP contribution >= 0.6 is 0 Å². The van der Waals surface area contributed by atoms with Gasteiger partial charge in [-0.15, -0.1) is 0 Å². The molecule has 1 saturated heterocycles. The molecular weight excluding hydrogens is 312 g/mol. The molecule has 1 aliphatic rings. The zero-order valence-electron chi connectivity index (χ0n) is 11.6. The second-order valence-electron chi connectivity index (χ2n) is 5.10. The van der Waals surface area contributed by atoms with E-state index in [0.717, 1.165) is 4.31 Å². The molecule has 1 aromatic rings. The molecule has 0 saturated carbocycles. The number of benzene rings is 1. The molecular formula is C13H16N2O4S2. The van der Waals surface area contributed by atoms with Crippen LogP contribution in [0.25, 0.3) is 0 Å². The van der Waals surface area contributed by atoms with E-state index in [2.05, 4.69) is 0 Å². The average molecular weight is 328 g/mol. The maximum atomic E-state index is 12.4. The van der Waals surface area contributed by atoms with Gasteiger partial charge in [-0.1, -0.05) is 18.2 Å². The number of hydrogen-bond donors (Lipinski definition) is 0. The van der Waals surface area contributed by atoms with Gasteiger partial charge in [0.05, 0.1) is 28.9 Å². The smallest absolute Gasteiger partial charge is 0.218 e. The predicted octanol–water partition coefficient (Wildman–Crippen LogP) is 0.507. The first kappa shape index (κ1) is 15.9. The molecule has 0 amide bonds. The van der Waals surface area contributed by atoms with E-state index in [4.69, 9.17) is 5.26 Å². The molecule has 0 aromatic heterocycles. The van der Waals surface area contributed by atoms with E-state index in [9.17, 15) is 16.8 Å². The van der Waals surface area contributed by atoms with Crippen LogP contribution in [0.4, 0.5) is 0 Å². The monoisotopic (exact) mass is 328 g/mol. The summed E-state index contributed by atoms with van der Waals surface area (Å²) in [6, 6.07) is 7.94. The van der Waals surface area contributed by atoms with Crippen molar-refractivity contribution in [2.24, 2.45) is 0 Å². The van der Waals surface area contributed by atoms with Gasteiger partial charge in [-0.05, 0) is 18.1 Å². The van der Waals surface area contributed by atoms with E-state index >= 15 is 0 Å². The fourth-order valence-corrected chi connectivity index (χ4v) is 5.69. The highest BCUT2D eigenvalue weighted by molar-refractivity contribution is 7.92. The van der Waals surface area contributed by atoms with Gasteiger partial charge in [-0.2, -0.15) is 5.26 Å². The van der Waals surface area contributed by atoms with Gasteiger partial charge in [0.2, 0.25) is 10.0 Å². The maximum Gasteiger partial charge on any atom is 0.218 e. The van der Waals surface area contributed by atoms with Crippen molar-refractivity contribution >= 4 is 19.9 Å². The summed E-state index contributed by atoms with van der Waals surface area (Å²) in [5, 5.41) is 9.00. The van der Waals surface area contributed by atoms with Crippen LogP contribution in [0.5, 0.6) is 0 Å². The molecule has 1 aliphatic heterocycles. The number of sulfone groups is 1. The quantitative estimate of drug-likeness (QED) is 0.802. The Morgan fingerprint density at radius 2 is 2.05 bits per heavy atom. The second-order valence-corrected chi connectivity index (χ2v) is 9.36. The van der Waals surface area contributed by atoms with Gasteiger partial charge in [0.1, 0.15) is 0 Å². The van der Waals surface area contributed by atoms with Gasteiger partial charge < -0.3 is 0 Å². The van der Waals surface area contributed by atoms with Gasteiger partial charge in [0.25, 0.3) is 0 Å². The van der Waals surface area contributed by atoms with E-state index < -0.39 is 25.9 Å². The Kier molecular flexibility index (Phi) is 4.37. The molecule has 1 unspecified atom stereocenters. The lowest BCUT2D eigenvalue weighted by molar-refractivity contribution is 0.393. The second kappa shape index (κ2) is 5.75. The summed E-state index contributed by atoms with van der Waals surface area (Å²) in [4.78, 5) is 0. The normalized spacial score (nSPS) is 21.3. The third-order valence-corrected chi connectivity index (χ3v) is 7.24. The fourth-order valence-electron chi connectivity index (χ4n) is 2.34. The lowest BCUT2D eigenvalue weighted by Crippen LogP contribution is -2.38. The first-order valence-electron chi connectivity index (χ1n) is 6.39. The third kappa shape index (κ3) is 3.61. The molecule has 21 heavy (non-hydrogen) atoms. The Hall–Kier alpha value is -1.43. The molecule has 1 aromatic carbocycles. The zero-order valence-corrected chi connectivity index (χ0v) is 13.2. The largest absolute Gasteiger partial charge is 0.229 e. The van der Waals surface area contributed by atoms with Crippen molar-refractivity contribution in [1.29, 1.82) is 5.26 Å². The minimum atomic E-state index is -3.66. The van der Waals surface area contributed by atoms with Crippen LogP contribution < -0.4 is 0 Å². The van der Waals surface area contributed by atoms with E-state index in [-0.39, 0.29) is 17.3 Å². The van der Waals surface area contributed by atoms with Gasteiger partial charge in [-0.3, -0.25) is 0 Å². The Morgan fingerprint density at radius 3 is 2.62 bits per heavy atom. The van der Waals surface area contributed by atoms with E-state index in [1.165, 1.54) is 7.05 Å². The number of rotatable bonds is 4. The molecule has 6 nitrogen and oxygen atoms in total. The number of nitriles is 1. The fraction of sp³-hybridized carbons (Fsp3) is 0.462. The molecule has 0 bridgehead atoms. The summed E-state index contributed by atoms with van der Waals surface area (Å²) in [5.41, 5.74) is 0.737. The minimum Gasteiger partial charge on any atom is -0.229 e. The van der Waals surface area contributed by atoms with Crippen molar-refractivity contribution in [2.45, 2.75) is 18.2 Å². The Balaban J connectivity index is 2.21. The van der Waals surface area contributed by atoms with E-state index in [0.29, 0.717) is 17.5 Å². The molecule has 0 spiro atoms. The topological polar surface area (TPSA) is 95.3 Å². The highest BCUT2D eigenvalue weighted by Crippen LogP contribution is 2.22. The zero-order chi connectivity index (χ0) is 15.7. The first-order chi connectivity index (χ1) is 9.75. The molecule has 0 N–H and O–H groups in total. The lowest BCUT2D eigenvalue weighted by Gasteiger charge is -2.23. The van der Waals surface area contributed by atoms with Crippen molar-refractivity contribution in [2.75, 3.05) is 18.6 Å². The Labute approximate surface area is 125 Å². The molecule has 1 atom stereocenters. The molecule has 0 aliphatic carbocycles. The molecule has 1 fully saturated rings. The lowest BCUT2D eigenvalue weighted by atomic mass is 10.1. The van der Waals surface area contributed by atoms with Crippen LogP contribution in [0.1, 0.15) is 17.5 Å². The van der Waals surface area contributed by atoms with Gasteiger partial charge in [-0.25, -0.2) is 21.1 Å². The summed E-state index contributed by atoms with van der Waals surface area (Å²) in [5.74, 6) is -0.418. The number of hydrogen-bond acceptors (Lipinski definition) is 5. The van der Waals surface area contributed by atoms with Crippen molar-refractivity contribution in [1.82, 2.24) is 4.31 Å². The maximum absolute atomic E-state index is 12.4. The average Bonchev–Trinajstić information content (AvgIpc) is 2.78. The van der Waals surface area contributed by atoms with Crippen LogP contribution in [0, 0.1) is 11.3 Å². The number of nitrogens with zero attached hydrogens (tertiary/aromatic N) is 2. The van der Waals surface area contributed by atoms with Crippen LogP contribution in [0.2, 0.25) is 0 Å². The summed E-state index contributed by atoms with van der Waals surface area (Å²) in [7, 11) is -5.41. The van der Waals surface area contributed by atoms with Crippen molar-refractivity contribution in [3.8, 4) is 6.07 Å². The van der Waals surface area contributed by atoms with Crippen molar-refractivity contribution in [3.63, 3.8) is 0 Å². The molecule has 114 valence electrons. The number of sulfonamides is 1. The summed E-state index contributed by atoms with van der Waals surface area (Å²) < 4.78 is 48.8. The van der Waals surface area contributed by atoms with Crippen LogP contribution in [0.3, 0.4) is 0 Å². The van der Waals surface area contributed by atoms with Crippen molar-refractivity contribution < 1.29 is 16.8 Å². The Morgan fingerprint density at radius 1 is 1.38 bits per heavy atom. The van der Waals surface area contributed by atoms with Crippen molar-refractivity contribution in [3.05, 3.63) is 35.4 Å². The van der Waals surface area contributed by atoms with Gasteiger partial charge >= 0.3 is 0 Å². The first-order valence-corrected chi connectivity index (χ1v) is 9.82. The molecule has 2 rings (SSSR count). The van der Waals surface area contributed by atoms with Crippen LogP contribution in [-0.4, -0.2) is 45.7 Å².